The Morgan fingerprint density at radius 3 is 2.81 bits per heavy atom. The van der Waals surface area contributed by atoms with Gasteiger partial charge in [-0.15, -0.1) is 5.10 Å². The summed E-state index contributed by atoms with van der Waals surface area (Å²) in [6.07, 6.45) is 8.68. The van der Waals surface area contributed by atoms with Crippen molar-refractivity contribution in [2.45, 2.75) is 82.5 Å². The summed E-state index contributed by atoms with van der Waals surface area (Å²) in [6, 6.07) is -0.778. The predicted molar refractivity (Wildman–Crippen MR) is 95.5 cm³/mol. The largest absolute Gasteiger partial charge is 0.480 e. The fourth-order valence-electron chi connectivity index (χ4n) is 3.86. The Labute approximate surface area is 153 Å². The van der Waals surface area contributed by atoms with E-state index >= 15 is 0 Å². The summed E-state index contributed by atoms with van der Waals surface area (Å²) in [5.74, 6) is -0.765. The minimum absolute atomic E-state index is 0.0241. The first kappa shape index (κ1) is 19.0. The highest BCUT2D eigenvalue weighted by molar-refractivity contribution is 5.83. The summed E-state index contributed by atoms with van der Waals surface area (Å²) >= 11 is 0. The number of Topliss-reactive ketones (excluding diaryl/α,β-unsaturated/α-hetero) is 1. The molecule has 0 amide bonds. The summed E-state index contributed by atoms with van der Waals surface area (Å²) in [7, 11) is 0. The Bertz CT molecular complexity index is 632. The number of carbonyl (C=O) groups excluding carboxylic acids is 1. The number of carbonyl (C=O) groups is 2. The van der Waals surface area contributed by atoms with Crippen molar-refractivity contribution in [1.29, 1.82) is 0 Å². The van der Waals surface area contributed by atoms with Gasteiger partial charge in [0.15, 0.2) is 0 Å². The van der Waals surface area contributed by atoms with Crippen LogP contribution in [0.5, 0.6) is 0 Å². The highest BCUT2D eigenvalue weighted by Crippen LogP contribution is 2.30. The number of nitrogens with zero attached hydrogens (tertiary/aromatic N) is 3. The molecule has 2 heterocycles. The zero-order valence-corrected chi connectivity index (χ0v) is 15.1. The highest BCUT2D eigenvalue weighted by Gasteiger charge is 2.38. The van der Waals surface area contributed by atoms with Crippen LogP contribution in [0.15, 0.2) is 6.20 Å². The Kier molecular flexibility index (Phi) is 6.37. The monoisotopic (exact) mass is 363 g/mol. The summed E-state index contributed by atoms with van der Waals surface area (Å²) in [6.45, 7) is 0.739. The van der Waals surface area contributed by atoms with E-state index in [1.165, 1.54) is 0 Å². The molecule has 8 heteroatoms. The lowest BCUT2D eigenvalue weighted by molar-refractivity contribution is -0.141. The predicted octanol–water partition coefficient (Wildman–Crippen LogP) is 0.893. The molecule has 1 saturated carbocycles. The van der Waals surface area contributed by atoms with Crippen LogP contribution >= 0.6 is 0 Å². The number of ketones is 1. The van der Waals surface area contributed by atoms with Crippen LogP contribution in [0.25, 0.3) is 0 Å². The standard InChI is InChI=1S/C18H29N5O3/c19-12-4-3-5-13-11-23(22-21-13)9-2-1-6-16(18(25)26)20-15-8-7-14(15)17(24)10-12/h11-12,14-16,20H,1-10,19H2,(H,25,26). The number of nitrogens with one attached hydrogen (secondary N) is 1. The molecule has 0 spiro atoms. The molecular weight excluding hydrogens is 334 g/mol. The second kappa shape index (κ2) is 8.73. The van der Waals surface area contributed by atoms with Crippen molar-refractivity contribution in [3.05, 3.63) is 11.9 Å². The van der Waals surface area contributed by atoms with Gasteiger partial charge in [-0.05, 0) is 51.4 Å². The van der Waals surface area contributed by atoms with Crippen LogP contribution in [-0.2, 0) is 22.6 Å². The molecule has 1 aliphatic carbocycles. The second-order valence-corrected chi connectivity index (χ2v) is 7.64. The molecular formula is C18H29N5O3. The maximum Gasteiger partial charge on any atom is 0.320 e. The lowest BCUT2D eigenvalue weighted by Gasteiger charge is -2.38. The van der Waals surface area contributed by atoms with Crippen LogP contribution in [0, 0.1) is 5.92 Å². The van der Waals surface area contributed by atoms with Crippen molar-refractivity contribution in [2.24, 2.45) is 11.7 Å². The van der Waals surface area contributed by atoms with Crippen molar-refractivity contribution >= 4 is 11.8 Å². The third-order valence-corrected chi connectivity index (χ3v) is 5.59. The Morgan fingerprint density at radius 2 is 2.08 bits per heavy atom. The molecule has 1 aromatic rings. The lowest BCUT2D eigenvalue weighted by atomic mass is 9.74. The average Bonchev–Trinajstić information content (AvgIpc) is 2.99. The van der Waals surface area contributed by atoms with Gasteiger partial charge in [-0.25, -0.2) is 0 Å². The molecule has 4 unspecified atom stereocenters. The van der Waals surface area contributed by atoms with E-state index < -0.39 is 12.0 Å². The molecule has 1 aliphatic heterocycles. The van der Waals surface area contributed by atoms with E-state index in [4.69, 9.17) is 5.73 Å². The Morgan fingerprint density at radius 1 is 1.23 bits per heavy atom. The number of aromatic nitrogens is 3. The van der Waals surface area contributed by atoms with Gasteiger partial charge in [0, 0.05) is 37.2 Å². The highest BCUT2D eigenvalue weighted by atomic mass is 16.4. The number of aryl methyl sites for hydroxylation is 2. The van der Waals surface area contributed by atoms with Gasteiger partial charge < -0.3 is 16.2 Å². The number of fused-ring (bicyclic) bond motifs is 3. The van der Waals surface area contributed by atoms with Gasteiger partial charge in [0.1, 0.15) is 11.8 Å². The van der Waals surface area contributed by atoms with Crippen molar-refractivity contribution in [3.63, 3.8) is 0 Å². The summed E-state index contributed by atoms with van der Waals surface area (Å²) in [4.78, 5) is 24.1. The minimum Gasteiger partial charge on any atom is -0.480 e. The topological polar surface area (TPSA) is 123 Å². The van der Waals surface area contributed by atoms with Crippen LogP contribution in [0.2, 0.25) is 0 Å². The van der Waals surface area contributed by atoms with Gasteiger partial charge in [0.05, 0.1) is 5.69 Å². The fourth-order valence-corrected chi connectivity index (χ4v) is 3.86. The van der Waals surface area contributed by atoms with Crippen LogP contribution in [-0.4, -0.2) is 50.0 Å². The summed E-state index contributed by atoms with van der Waals surface area (Å²) < 4.78 is 1.82. The van der Waals surface area contributed by atoms with Gasteiger partial charge >= 0.3 is 5.97 Å². The molecule has 2 bridgehead atoms. The Balaban J connectivity index is 1.66. The molecule has 1 aromatic heterocycles. The third-order valence-electron chi connectivity index (χ3n) is 5.59. The van der Waals surface area contributed by atoms with Crippen molar-refractivity contribution in [2.75, 3.05) is 0 Å². The maximum absolute atomic E-state index is 12.5. The first-order valence-electron chi connectivity index (χ1n) is 9.69. The molecule has 3 rings (SSSR count). The van der Waals surface area contributed by atoms with Gasteiger partial charge in [-0.3, -0.25) is 14.3 Å². The second-order valence-electron chi connectivity index (χ2n) is 7.64. The van der Waals surface area contributed by atoms with Gasteiger partial charge in [0.2, 0.25) is 0 Å². The molecule has 0 aromatic carbocycles. The van der Waals surface area contributed by atoms with E-state index in [1.54, 1.807) is 0 Å². The molecule has 4 N–H and O–H groups in total. The Hall–Kier alpha value is -1.80. The number of nitrogens with two attached hydrogens (primary N) is 1. The lowest BCUT2D eigenvalue weighted by Crippen LogP contribution is -2.54. The summed E-state index contributed by atoms with van der Waals surface area (Å²) in [5.41, 5.74) is 7.08. The number of aliphatic carboxylic acids is 1. The van der Waals surface area contributed by atoms with Crippen LogP contribution < -0.4 is 11.1 Å². The number of carboxylic acid groups (broad SMARTS) is 1. The zero-order chi connectivity index (χ0) is 18.5. The van der Waals surface area contributed by atoms with Gasteiger partial charge in [-0.2, -0.15) is 0 Å². The normalized spacial score (nSPS) is 31.5. The molecule has 144 valence electrons. The van der Waals surface area contributed by atoms with E-state index in [1.807, 2.05) is 10.9 Å². The maximum atomic E-state index is 12.5. The minimum atomic E-state index is -0.847. The molecule has 0 saturated heterocycles. The van der Waals surface area contributed by atoms with E-state index in [-0.39, 0.29) is 23.8 Å². The molecule has 2 aliphatic rings. The fraction of sp³-hybridized carbons (Fsp3) is 0.778. The van der Waals surface area contributed by atoms with Gasteiger partial charge in [0.25, 0.3) is 0 Å². The first-order valence-corrected chi connectivity index (χ1v) is 9.69. The third kappa shape index (κ3) is 4.88. The number of hydrogen-bond donors (Lipinski definition) is 3. The van der Waals surface area contributed by atoms with Crippen molar-refractivity contribution < 1.29 is 14.7 Å². The van der Waals surface area contributed by atoms with Crippen LogP contribution in [0.1, 0.15) is 57.1 Å². The molecule has 26 heavy (non-hydrogen) atoms. The van der Waals surface area contributed by atoms with Crippen molar-refractivity contribution in [1.82, 2.24) is 20.3 Å². The van der Waals surface area contributed by atoms with Crippen molar-refractivity contribution in [3.8, 4) is 0 Å². The first-order chi connectivity index (χ1) is 12.5. The molecule has 1 fully saturated rings. The van der Waals surface area contributed by atoms with Crippen LogP contribution in [0.4, 0.5) is 0 Å². The quantitative estimate of drug-likeness (QED) is 0.677. The van der Waals surface area contributed by atoms with Crippen LogP contribution in [0.3, 0.4) is 0 Å². The molecule has 8 nitrogen and oxygen atoms in total. The van der Waals surface area contributed by atoms with E-state index in [9.17, 15) is 14.7 Å². The number of hydrogen-bond acceptors (Lipinski definition) is 6. The smallest absolute Gasteiger partial charge is 0.320 e. The van der Waals surface area contributed by atoms with E-state index in [0.717, 1.165) is 57.2 Å². The SMILES string of the molecule is NC1CCCc2cn(nn2)CCCCC(C(=O)O)NC2CCC2C(=O)C1. The zero-order valence-electron chi connectivity index (χ0n) is 15.1. The summed E-state index contributed by atoms with van der Waals surface area (Å²) in [5, 5.41) is 21.0. The molecule has 4 atom stereocenters. The number of rotatable bonds is 1. The average molecular weight is 363 g/mol. The van der Waals surface area contributed by atoms with Gasteiger partial charge in [-0.1, -0.05) is 5.21 Å². The number of carboxylic acids is 1. The molecule has 0 radical (unpaired) electrons. The van der Waals surface area contributed by atoms with E-state index in [0.29, 0.717) is 12.8 Å². The van der Waals surface area contributed by atoms with E-state index in [2.05, 4.69) is 15.6 Å².